The molecule has 5 aromatic rings. The van der Waals surface area contributed by atoms with Crippen LogP contribution in [-0.4, -0.2) is 13.0 Å². The SMILES string of the molecule is C=C/C=C\C1C=CC(C2C=CC=C(c3c4ccccc4c(-c4ccc5c(c4)CC4C(=N5)Oc5cc(OC)ccc54)c4ccccc34)C2C=C)=CC1. The molecule has 3 nitrogen and oxygen atoms in total. The molecular formula is C48H39NO2. The molecule has 0 saturated heterocycles. The van der Waals surface area contributed by atoms with Crippen molar-refractivity contribution in [2.45, 2.75) is 18.8 Å². The lowest BCUT2D eigenvalue weighted by molar-refractivity contribution is 0.412. The minimum Gasteiger partial charge on any atom is -0.497 e. The molecule has 51 heavy (non-hydrogen) atoms. The largest absolute Gasteiger partial charge is 0.497 e. The molecule has 9 rings (SSSR count). The average molecular weight is 662 g/mol. The molecule has 248 valence electrons. The van der Waals surface area contributed by atoms with Gasteiger partial charge in [0.2, 0.25) is 5.90 Å². The van der Waals surface area contributed by atoms with Gasteiger partial charge in [0.1, 0.15) is 11.5 Å². The number of hydrogen-bond donors (Lipinski definition) is 0. The van der Waals surface area contributed by atoms with Crippen molar-refractivity contribution < 1.29 is 9.47 Å². The van der Waals surface area contributed by atoms with Crippen molar-refractivity contribution in [1.29, 1.82) is 0 Å². The van der Waals surface area contributed by atoms with Gasteiger partial charge < -0.3 is 9.47 Å². The molecule has 2 heterocycles. The molecule has 0 saturated carbocycles. The van der Waals surface area contributed by atoms with Crippen LogP contribution in [0.5, 0.6) is 11.5 Å². The number of rotatable bonds is 7. The Labute approximate surface area is 299 Å². The van der Waals surface area contributed by atoms with Gasteiger partial charge in [-0.05, 0) is 91.9 Å². The highest BCUT2D eigenvalue weighted by atomic mass is 16.5. The highest BCUT2D eigenvalue weighted by Gasteiger charge is 2.35. The third kappa shape index (κ3) is 5.23. The molecule has 3 heteroatoms. The van der Waals surface area contributed by atoms with Crippen molar-refractivity contribution in [2.24, 2.45) is 22.7 Å². The predicted octanol–water partition coefficient (Wildman–Crippen LogP) is 12.0. The molecule has 2 aliphatic carbocycles. The summed E-state index contributed by atoms with van der Waals surface area (Å²) in [5.41, 5.74) is 9.78. The zero-order valence-corrected chi connectivity index (χ0v) is 28.8. The van der Waals surface area contributed by atoms with Crippen molar-refractivity contribution in [3.8, 4) is 22.6 Å². The normalized spacial score (nSPS) is 21.7. The maximum Gasteiger partial charge on any atom is 0.203 e. The van der Waals surface area contributed by atoms with Crippen LogP contribution in [0.3, 0.4) is 0 Å². The first kappa shape index (κ1) is 31.1. The molecule has 4 aliphatic rings. The lowest BCUT2D eigenvalue weighted by Gasteiger charge is -2.31. The van der Waals surface area contributed by atoms with Crippen LogP contribution in [0.4, 0.5) is 5.69 Å². The molecule has 0 spiro atoms. The Hall–Kier alpha value is -5.93. The standard InChI is InChI=1S/C48H39NO2/c1-4-6-12-30-19-21-31(22-20-30)36-17-11-18-38(35(36)5-2)47-41-15-9-7-13-39(41)46(40-14-8-10-16-42(40)47)32-23-26-44-33(27-32)28-43-37-25-24-34(50-3)29-45(37)51-48(43)49-44/h4-19,21-27,29-30,35-36,43H,1-2,20,28H2,3H3/b12-6-. The van der Waals surface area contributed by atoms with E-state index in [9.17, 15) is 0 Å². The van der Waals surface area contributed by atoms with E-state index in [1.807, 2.05) is 24.3 Å². The van der Waals surface area contributed by atoms with E-state index in [0.717, 1.165) is 35.9 Å². The molecule has 0 bridgehead atoms. The average Bonchev–Trinajstić information content (AvgIpc) is 3.54. The molecule has 0 radical (unpaired) electrons. The molecule has 0 aromatic heterocycles. The van der Waals surface area contributed by atoms with E-state index in [-0.39, 0.29) is 17.8 Å². The lowest BCUT2D eigenvalue weighted by atomic mass is 9.72. The maximum atomic E-state index is 6.23. The molecule has 4 atom stereocenters. The van der Waals surface area contributed by atoms with Crippen LogP contribution in [-0.2, 0) is 6.42 Å². The molecule has 0 amide bonds. The fourth-order valence-corrected chi connectivity index (χ4v) is 8.55. The number of nitrogens with zero attached hydrogens (tertiary/aromatic N) is 1. The van der Waals surface area contributed by atoms with Crippen LogP contribution >= 0.6 is 0 Å². The van der Waals surface area contributed by atoms with Crippen LogP contribution < -0.4 is 9.47 Å². The number of hydrogen-bond acceptors (Lipinski definition) is 3. The maximum absolute atomic E-state index is 6.23. The third-order valence-corrected chi connectivity index (χ3v) is 11.0. The second-order valence-electron chi connectivity index (χ2n) is 13.8. The van der Waals surface area contributed by atoms with Gasteiger partial charge in [-0.1, -0.05) is 128 Å². The highest BCUT2D eigenvalue weighted by Crippen LogP contribution is 2.49. The van der Waals surface area contributed by atoms with Crippen LogP contribution in [0.1, 0.15) is 29.0 Å². The van der Waals surface area contributed by atoms with Gasteiger partial charge in [0, 0.05) is 23.5 Å². The Balaban J connectivity index is 1.14. The monoisotopic (exact) mass is 661 g/mol. The topological polar surface area (TPSA) is 30.8 Å². The first-order valence-corrected chi connectivity index (χ1v) is 17.8. The van der Waals surface area contributed by atoms with Crippen molar-refractivity contribution in [1.82, 2.24) is 0 Å². The van der Waals surface area contributed by atoms with Gasteiger partial charge in [-0.2, -0.15) is 0 Å². The van der Waals surface area contributed by atoms with Gasteiger partial charge in [-0.25, -0.2) is 4.99 Å². The van der Waals surface area contributed by atoms with E-state index in [0.29, 0.717) is 5.92 Å². The molecule has 4 unspecified atom stereocenters. The number of benzene rings is 5. The summed E-state index contributed by atoms with van der Waals surface area (Å²) in [6, 6.07) is 30.7. The van der Waals surface area contributed by atoms with E-state index < -0.39 is 0 Å². The Morgan fingerprint density at radius 2 is 1.63 bits per heavy atom. The first-order valence-electron chi connectivity index (χ1n) is 17.8. The summed E-state index contributed by atoms with van der Waals surface area (Å²) in [4.78, 5) is 5.01. The molecular weight excluding hydrogens is 623 g/mol. The van der Waals surface area contributed by atoms with Crippen molar-refractivity contribution in [3.63, 3.8) is 0 Å². The van der Waals surface area contributed by atoms with E-state index in [2.05, 4.69) is 135 Å². The van der Waals surface area contributed by atoms with Crippen molar-refractivity contribution in [2.75, 3.05) is 7.11 Å². The smallest absolute Gasteiger partial charge is 0.203 e. The quantitative estimate of drug-likeness (QED) is 0.0987. The van der Waals surface area contributed by atoms with E-state index in [1.54, 1.807) is 7.11 Å². The van der Waals surface area contributed by atoms with Gasteiger partial charge in [0.15, 0.2) is 0 Å². The summed E-state index contributed by atoms with van der Waals surface area (Å²) < 4.78 is 11.7. The summed E-state index contributed by atoms with van der Waals surface area (Å²) in [6.45, 7) is 8.23. The van der Waals surface area contributed by atoms with Gasteiger partial charge >= 0.3 is 0 Å². The second kappa shape index (κ2) is 12.8. The van der Waals surface area contributed by atoms with Crippen LogP contribution in [0.2, 0.25) is 0 Å². The van der Waals surface area contributed by atoms with Gasteiger partial charge in [-0.15, -0.1) is 6.58 Å². The van der Waals surface area contributed by atoms with Crippen LogP contribution in [0.25, 0.3) is 38.2 Å². The zero-order valence-electron chi connectivity index (χ0n) is 28.8. The summed E-state index contributed by atoms with van der Waals surface area (Å²) >= 11 is 0. The Bertz CT molecular complexity index is 2390. The lowest BCUT2D eigenvalue weighted by Crippen LogP contribution is -2.18. The molecule has 0 N–H and O–H groups in total. The van der Waals surface area contributed by atoms with Crippen LogP contribution in [0, 0.1) is 17.8 Å². The highest BCUT2D eigenvalue weighted by molar-refractivity contribution is 6.19. The number of aliphatic imine (C=N–C) groups is 1. The summed E-state index contributed by atoms with van der Waals surface area (Å²) in [6.07, 6.45) is 24.0. The number of allylic oxidation sites excluding steroid dienone is 12. The van der Waals surface area contributed by atoms with Crippen molar-refractivity contribution in [3.05, 3.63) is 181 Å². The molecule has 2 aliphatic heterocycles. The third-order valence-electron chi connectivity index (χ3n) is 11.0. The van der Waals surface area contributed by atoms with Gasteiger partial charge in [0.25, 0.3) is 0 Å². The minimum absolute atomic E-state index is 0.100. The second-order valence-corrected chi connectivity index (χ2v) is 13.8. The number of fused-ring (bicyclic) bond motifs is 6. The summed E-state index contributed by atoms with van der Waals surface area (Å²) in [5, 5.41) is 5.00. The van der Waals surface area contributed by atoms with Crippen molar-refractivity contribution >= 4 is 38.7 Å². The van der Waals surface area contributed by atoms with E-state index in [1.165, 1.54) is 60.5 Å². The number of methoxy groups -OCH3 is 1. The number of ether oxygens (including phenoxy) is 2. The van der Waals surface area contributed by atoms with Gasteiger partial charge in [0.05, 0.1) is 18.7 Å². The van der Waals surface area contributed by atoms with Gasteiger partial charge in [-0.3, -0.25) is 0 Å². The predicted molar refractivity (Wildman–Crippen MR) is 213 cm³/mol. The zero-order chi connectivity index (χ0) is 34.5. The Kier molecular flexibility index (Phi) is 7.77. The van der Waals surface area contributed by atoms with Crippen LogP contribution in [0.15, 0.2) is 169 Å². The summed E-state index contributed by atoms with van der Waals surface area (Å²) in [5.74, 6) is 3.26. The fourth-order valence-electron chi connectivity index (χ4n) is 8.55. The van der Waals surface area contributed by atoms with E-state index in [4.69, 9.17) is 14.5 Å². The van der Waals surface area contributed by atoms with E-state index >= 15 is 0 Å². The molecule has 0 fully saturated rings. The first-order chi connectivity index (χ1) is 25.1. The Morgan fingerprint density at radius 3 is 2.31 bits per heavy atom. The summed E-state index contributed by atoms with van der Waals surface area (Å²) in [7, 11) is 1.68. The minimum atomic E-state index is 0.100. The Morgan fingerprint density at radius 1 is 0.863 bits per heavy atom. The fraction of sp³-hybridized carbons (Fsp3) is 0.146. The molecule has 5 aromatic carbocycles.